The van der Waals surface area contributed by atoms with Crippen molar-refractivity contribution in [2.75, 3.05) is 0 Å². The molecule has 1 N–H and O–H groups in total. The van der Waals surface area contributed by atoms with Gasteiger partial charge in [0.25, 0.3) is 0 Å². The maximum Gasteiger partial charge on any atom is 0.335 e. The molecule has 8 heteroatoms. The number of aromatic carboxylic acids is 1. The van der Waals surface area contributed by atoms with Crippen LogP contribution in [-0.4, -0.2) is 16.0 Å². The van der Waals surface area contributed by atoms with Crippen LogP contribution < -0.4 is 4.74 Å². The van der Waals surface area contributed by atoms with Gasteiger partial charge in [-0.15, -0.1) is 0 Å². The smallest absolute Gasteiger partial charge is 0.335 e. The Morgan fingerprint density at radius 2 is 2.00 bits per heavy atom. The minimum atomic E-state index is -1.29. The highest BCUT2D eigenvalue weighted by molar-refractivity contribution is 9.10. The van der Waals surface area contributed by atoms with Crippen molar-refractivity contribution in [3.63, 3.8) is 0 Å². The van der Waals surface area contributed by atoms with Crippen molar-refractivity contribution in [3.05, 3.63) is 62.4 Å². The molecule has 0 aromatic heterocycles. The summed E-state index contributed by atoms with van der Waals surface area (Å²) in [7, 11) is 0. The number of rotatable bonds is 4. The molecule has 0 fully saturated rings. The summed E-state index contributed by atoms with van der Waals surface area (Å²) in [5, 5.41) is 19.8. The number of ether oxygens (including phenoxy) is 1. The molecule has 2 rings (SSSR count). The lowest BCUT2D eigenvalue weighted by Crippen LogP contribution is -2.00. The number of nitro benzene ring substituents is 1. The molecule has 0 atom stereocenters. The molecule has 0 spiro atoms. The highest BCUT2D eigenvalue weighted by Gasteiger charge is 2.19. The Hall–Kier alpha value is -2.48. The van der Waals surface area contributed by atoms with Crippen molar-refractivity contribution >= 4 is 27.6 Å². The van der Waals surface area contributed by atoms with E-state index in [1.807, 2.05) is 0 Å². The number of nitrogens with zero attached hydrogens (tertiary/aromatic N) is 1. The van der Waals surface area contributed by atoms with Gasteiger partial charge in [0.05, 0.1) is 10.5 Å². The average Bonchev–Trinajstić information content (AvgIpc) is 2.37. The second-order valence-electron chi connectivity index (χ2n) is 3.95. The van der Waals surface area contributed by atoms with Crippen molar-refractivity contribution in [2.45, 2.75) is 0 Å². The normalized spacial score (nSPS) is 10.2. The molecule has 108 valence electrons. The molecule has 0 aliphatic carbocycles. The molecule has 0 unspecified atom stereocenters. The quantitative estimate of drug-likeness (QED) is 0.661. The van der Waals surface area contributed by atoms with Crippen molar-refractivity contribution < 1.29 is 24.0 Å². The molecule has 0 bridgehead atoms. The van der Waals surface area contributed by atoms with E-state index in [4.69, 9.17) is 9.84 Å². The van der Waals surface area contributed by atoms with Gasteiger partial charge in [0.15, 0.2) is 0 Å². The van der Waals surface area contributed by atoms with Crippen molar-refractivity contribution in [1.29, 1.82) is 0 Å². The van der Waals surface area contributed by atoms with Crippen LogP contribution in [0, 0.1) is 15.9 Å². The van der Waals surface area contributed by atoms with E-state index in [-0.39, 0.29) is 17.1 Å². The SMILES string of the molecule is O=C(O)c1ccc(Oc2cc(F)cc(Br)c2)c([N+](=O)[O-])c1. The Balaban J connectivity index is 2.43. The van der Waals surface area contributed by atoms with Crippen LogP contribution in [0.4, 0.5) is 10.1 Å². The van der Waals surface area contributed by atoms with E-state index in [2.05, 4.69) is 15.9 Å². The fourth-order valence-electron chi connectivity index (χ4n) is 1.59. The second-order valence-corrected chi connectivity index (χ2v) is 4.87. The van der Waals surface area contributed by atoms with E-state index in [0.717, 1.165) is 18.2 Å². The molecule has 6 nitrogen and oxygen atoms in total. The monoisotopic (exact) mass is 355 g/mol. The van der Waals surface area contributed by atoms with E-state index < -0.39 is 22.4 Å². The molecular formula is C13H7BrFNO5. The van der Waals surface area contributed by atoms with Crippen LogP contribution in [0.1, 0.15) is 10.4 Å². The number of carboxylic acids is 1. The van der Waals surface area contributed by atoms with Crippen LogP contribution in [0.15, 0.2) is 40.9 Å². The highest BCUT2D eigenvalue weighted by atomic mass is 79.9. The van der Waals surface area contributed by atoms with Gasteiger partial charge >= 0.3 is 11.7 Å². The zero-order chi connectivity index (χ0) is 15.6. The Morgan fingerprint density at radius 3 is 2.57 bits per heavy atom. The number of hydrogen-bond acceptors (Lipinski definition) is 4. The van der Waals surface area contributed by atoms with Crippen LogP contribution >= 0.6 is 15.9 Å². The number of hydrogen-bond donors (Lipinski definition) is 1. The van der Waals surface area contributed by atoms with Gasteiger partial charge in [0, 0.05) is 16.6 Å². The standard InChI is InChI=1S/C13H7BrFNO5/c14-8-4-9(15)6-10(5-8)21-12-2-1-7(13(17)18)3-11(12)16(19)20/h1-6H,(H,17,18). The number of carboxylic acid groups (broad SMARTS) is 1. The van der Waals surface area contributed by atoms with Crippen LogP contribution in [0.2, 0.25) is 0 Å². The highest BCUT2D eigenvalue weighted by Crippen LogP contribution is 2.33. The van der Waals surface area contributed by atoms with Crippen LogP contribution in [0.5, 0.6) is 11.5 Å². The first-order valence-electron chi connectivity index (χ1n) is 5.52. The third-order valence-electron chi connectivity index (χ3n) is 2.47. The third-order valence-corrected chi connectivity index (χ3v) is 2.92. The van der Waals surface area contributed by atoms with Crippen molar-refractivity contribution in [2.24, 2.45) is 0 Å². The summed E-state index contributed by atoms with van der Waals surface area (Å²) in [6.45, 7) is 0. The fraction of sp³-hybridized carbons (Fsp3) is 0. The van der Waals surface area contributed by atoms with Crippen LogP contribution in [0.3, 0.4) is 0 Å². The molecule has 0 radical (unpaired) electrons. The summed E-state index contributed by atoms with van der Waals surface area (Å²) in [6, 6.07) is 6.89. The van der Waals surface area contributed by atoms with Gasteiger partial charge in [0.2, 0.25) is 5.75 Å². The lowest BCUT2D eigenvalue weighted by molar-refractivity contribution is -0.385. The Bertz CT molecular complexity index is 714. The number of benzene rings is 2. The van der Waals surface area contributed by atoms with Gasteiger partial charge < -0.3 is 9.84 Å². The molecule has 0 heterocycles. The first-order valence-corrected chi connectivity index (χ1v) is 6.32. The fourth-order valence-corrected chi connectivity index (χ4v) is 2.04. The first-order chi connectivity index (χ1) is 9.86. The van der Waals surface area contributed by atoms with Crippen LogP contribution in [0.25, 0.3) is 0 Å². The predicted molar refractivity (Wildman–Crippen MR) is 74.2 cm³/mol. The molecule has 21 heavy (non-hydrogen) atoms. The lowest BCUT2D eigenvalue weighted by atomic mass is 10.2. The van der Waals surface area contributed by atoms with Gasteiger partial charge in [-0.1, -0.05) is 15.9 Å². The second kappa shape index (κ2) is 5.88. The minimum Gasteiger partial charge on any atom is -0.478 e. The maximum absolute atomic E-state index is 13.2. The number of halogens is 2. The Labute approximate surface area is 126 Å². The van der Waals surface area contributed by atoms with Gasteiger partial charge in [-0.3, -0.25) is 10.1 Å². The summed E-state index contributed by atoms with van der Waals surface area (Å²) in [5.74, 6) is -2.00. The molecule has 2 aromatic carbocycles. The number of carbonyl (C=O) groups is 1. The summed E-state index contributed by atoms with van der Waals surface area (Å²) in [4.78, 5) is 21.0. The van der Waals surface area contributed by atoms with Gasteiger partial charge in [-0.2, -0.15) is 0 Å². The molecule has 2 aromatic rings. The van der Waals surface area contributed by atoms with E-state index in [1.165, 1.54) is 18.2 Å². The van der Waals surface area contributed by atoms with Gasteiger partial charge in [-0.05, 0) is 24.3 Å². The van der Waals surface area contributed by atoms with E-state index in [0.29, 0.717) is 4.47 Å². The Morgan fingerprint density at radius 1 is 1.29 bits per heavy atom. The zero-order valence-electron chi connectivity index (χ0n) is 10.2. The van der Waals surface area contributed by atoms with Gasteiger partial charge in [-0.25, -0.2) is 9.18 Å². The first kappa shape index (κ1) is 14.9. The summed E-state index contributed by atoms with van der Waals surface area (Å²) >= 11 is 3.07. The molecule has 0 aliphatic heterocycles. The zero-order valence-corrected chi connectivity index (χ0v) is 11.8. The predicted octanol–water partition coefficient (Wildman–Crippen LogP) is 3.99. The third kappa shape index (κ3) is 3.54. The van der Waals surface area contributed by atoms with E-state index in [1.54, 1.807) is 0 Å². The molecule has 0 aliphatic rings. The van der Waals surface area contributed by atoms with E-state index >= 15 is 0 Å². The van der Waals surface area contributed by atoms with E-state index in [9.17, 15) is 19.3 Å². The largest absolute Gasteiger partial charge is 0.478 e. The summed E-state index contributed by atoms with van der Waals surface area (Å²) in [6.07, 6.45) is 0. The lowest BCUT2D eigenvalue weighted by Gasteiger charge is -2.07. The molecule has 0 amide bonds. The van der Waals surface area contributed by atoms with Crippen molar-refractivity contribution in [3.8, 4) is 11.5 Å². The summed E-state index contributed by atoms with van der Waals surface area (Å²) < 4.78 is 18.9. The topological polar surface area (TPSA) is 89.7 Å². The van der Waals surface area contributed by atoms with Gasteiger partial charge in [0.1, 0.15) is 11.6 Å². The van der Waals surface area contributed by atoms with Crippen molar-refractivity contribution in [1.82, 2.24) is 0 Å². The average molecular weight is 356 g/mol. The molecule has 0 saturated carbocycles. The minimum absolute atomic E-state index is 0.0491. The maximum atomic E-state index is 13.2. The molecular weight excluding hydrogens is 349 g/mol. The number of nitro groups is 1. The summed E-state index contributed by atoms with van der Waals surface area (Å²) in [5.41, 5.74) is -0.759. The van der Waals surface area contributed by atoms with Crippen LogP contribution in [-0.2, 0) is 0 Å². The molecule has 0 saturated heterocycles. The Kier molecular flexibility index (Phi) is 4.18.